The second kappa shape index (κ2) is 4.03. The quantitative estimate of drug-likeness (QED) is 0.719. The number of nitrogens with two attached hydrogens (primary N) is 1. The molecule has 1 aromatic carbocycles. The molecule has 0 amide bonds. The van der Waals surface area contributed by atoms with Crippen molar-refractivity contribution >= 4 is 5.82 Å². The van der Waals surface area contributed by atoms with Gasteiger partial charge in [0.25, 0.3) is 0 Å². The maximum atomic E-state index is 5.95. The molecule has 3 rings (SSSR count). The van der Waals surface area contributed by atoms with Crippen molar-refractivity contribution in [2.45, 2.75) is 0 Å². The number of anilines is 1. The van der Waals surface area contributed by atoms with Crippen molar-refractivity contribution in [2.75, 3.05) is 5.73 Å². The van der Waals surface area contributed by atoms with Crippen LogP contribution in [-0.4, -0.2) is 19.7 Å². The van der Waals surface area contributed by atoms with Crippen LogP contribution in [0.1, 0.15) is 0 Å². The van der Waals surface area contributed by atoms with E-state index in [1.54, 1.807) is 17.1 Å². The molecule has 2 aromatic heterocycles. The van der Waals surface area contributed by atoms with E-state index in [-0.39, 0.29) is 0 Å². The Morgan fingerprint density at radius 3 is 2.44 bits per heavy atom. The Bertz CT molecular complexity index is 649. The first-order chi connectivity index (χ1) is 8.75. The first-order valence-corrected chi connectivity index (χ1v) is 5.63. The first-order valence-electron chi connectivity index (χ1n) is 5.63. The molecule has 0 atom stereocenters. The molecule has 3 N–H and O–H groups in total. The lowest BCUT2D eigenvalue weighted by Gasteiger charge is -2.02. The Morgan fingerprint density at radius 2 is 1.89 bits per heavy atom. The van der Waals surface area contributed by atoms with E-state index >= 15 is 0 Å². The Hall–Kier alpha value is -2.56. The topological polar surface area (TPSA) is 72.5 Å². The molecule has 2 heterocycles. The molecule has 0 fully saturated rings. The van der Waals surface area contributed by atoms with Crippen LogP contribution in [0.3, 0.4) is 0 Å². The highest BCUT2D eigenvalue weighted by Crippen LogP contribution is 2.26. The predicted octanol–water partition coefficient (Wildman–Crippen LogP) is 2.06. The number of nitrogen functional groups attached to an aromatic ring is 1. The normalized spacial score (nSPS) is 10.7. The van der Waals surface area contributed by atoms with Crippen LogP contribution in [0, 0.1) is 0 Å². The number of nitrogens with one attached hydrogen (secondary N) is 1. The summed E-state index contributed by atoms with van der Waals surface area (Å²) in [5, 5.41) is 4.14. The Balaban J connectivity index is 1.99. The second-order valence-electron chi connectivity index (χ2n) is 4.08. The fourth-order valence-electron chi connectivity index (χ4n) is 1.90. The number of aryl methyl sites for hydroxylation is 1. The highest BCUT2D eigenvalue weighted by molar-refractivity contribution is 5.75. The lowest BCUT2D eigenvalue weighted by Crippen LogP contribution is -1.97. The molecule has 0 spiro atoms. The van der Waals surface area contributed by atoms with Gasteiger partial charge in [0.2, 0.25) is 0 Å². The molecule has 0 aliphatic carbocycles. The van der Waals surface area contributed by atoms with Gasteiger partial charge in [0.15, 0.2) is 0 Å². The minimum atomic E-state index is 0.667. The molecule has 90 valence electrons. The summed E-state index contributed by atoms with van der Waals surface area (Å²) >= 11 is 0. The number of H-pyrrole nitrogens is 1. The minimum absolute atomic E-state index is 0.667. The summed E-state index contributed by atoms with van der Waals surface area (Å²) in [7, 11) is 1.83. The summed E-state index contributed by atoms with van der Waals surface area (Å²) < 4.78 is 1.66. The Kier molecular flexibility index (Phi) is 2.37. The molecule has 0 saturated heterocycles. The maximum absolute atomic E-state index is 5.95. The van der Waals surface area contributed by atoms with Gasteiger partial charge >= 0.3 is 0 Å². The van der Waals surface area contributed by atoms with Crippen molar-refractivity contribution in [1.82, 2.24) is 19.7 Å². The molecule has 0 bridgehead atoms. The van der Waals surface area contributed by atoms with Gasteiger partial charge in [-0.05, 0) is 5.56 Å². The van der Waals surface area contributed by atoms with Gasteiger partial charge in [0.1, 0.15) is 11.6 Å². The van der Waals surface area contributed by atoms with E-state index in [2.05, 4.69) is 15.1 Å². The molecule has 5 nitrogen and oxygen atoms in total. The van der Waals surface area contributed by atoms with Gasteiger partial charge < -0.3 is 10.7 Å². The van der Waals surface area contributed by atoms with Crippen molar-refractivity contribution in [3.63, 3.8) is 0 Å². The lowest BCUT2D eigenvalue weighted by molar-refractivity contribution is 0.779. The fourth-order valence-corrected chi connectivity index (χ4v) is 1.90. The van der Waals surface area contributed by atoms with Crippen LogP contribution < -0.4 is 5.73 Å². The monoisotopic (exact) mass is 239 g/mol. The predicted molar refractivity (Wildman–Crippen MR) is 70.6 cm³/mol. The van der Waals surface area contributed by atoms with Crippen LogP contribution in [0.2, 0.25) is 0 Å². The number of imidazole rings is 1. The van der Waals surface area contributed by atoms with Gasteiger partial charge in [0.05, 0.1) is 6.20 Å². The van der Waals surface area contributed by atoms with Crippen molar-refractivity contribution in [3.05, 3.63) is 42.9 Å². The van der Waals surface area contributed by atoms with Crippen LogP contribution in [0.15, 0.2) is 42.9 Å². The minimum Gasteiger partial charge on any atom is -0.383 e. The zero-order valence-corrected chi connectivity index (χ0v) is 9.96. The number of hydrogen-bond donors (Lipinski definition) is 2. The van der Waals surface area contributed by atoms with Crippen molar-refractivity contribution in [3.8, 4) is 22.5 Å². The summed E-state index contributed by atoms with van der Waals surface area (Å²) in [4.78, 5) is 7.29. The molecule has 18 heavy (non-hydrogen) atoms. The average molecular weight is 239 g/mol. The standard InChI is InChI=1S/C13H13N5/c1-18-12(14)11(8-17-18)9-2-4-10(5-3-9)13-15-6-7-16-13/h2-8H,14H2,1H3,(H,15,16). The molecular weight excluding hydrogens is 226 g/mol. The number of aromatic amines is 1. The molecular formula is C13H13N5. The molecule has 0 aliphatic heterocycles. The Labute approximate surface area is 104 Å². The SMILES string of the molecule is Cn1ncc(-c2ccc(-c3ncc[nH]3)cc2)c1N. The maximum Gasteiger partial charge on any atom is 0.137 e. The molecule has 0 unspecified atom stereocenters. The van der Waals surface area contributed by atoms with E-state index in [1.807, 2.05) is 37.5 Å². The van der Waals surface area contributed by atoms with Gasteiger partial charge in [-0.25, -0.2) is 4.98 Å². The van der Waals surface area contributed by atoms with Crippen LogP contribution in [0.4, 0.5) is 5.82 Å². The molecule has 0 saturated carbocycles. The van der Waals surface area contributed by atoms with Crippen LogP contribution in [0.5, 0.6) is 0 Å². The highest BCUT2D eigenvalue weighted by Gasteiger charge is 2.07. The van der Waals surface area contributed by atoms with Crippen LogP contribution in [-0.2, 0) is 7.05 Å². The smallest absolute Gasteiger partial charge is 0.137 e. The van der Waals surface area contributed by atoms with E-state index in [0.717, 1.165) is 22.5 Å². The van der Waals surface area contributed by atoms with Crippen molar-refractivity contribution in [1.29, 1.82) is 0 Å². The summed E-state index contributed by atoms with van der Waals surface area (Å²) in [5.74, 6) is 1.53. The number of aromatic nitrogens is 4. The van der Waals surface area contributed by atoms with Crippen molar-refractivity contribution < 1.29 is 0 Å². The fraction of sp³-hybridized carbons (Fsp3) is 0.0769. The van der Waals surface area contributed by atoms with Crippen molar-refractivity contribution in [2.24, 2.45) is 7.05 Å². The zero-order valence-electron chi connectivity index (χ0n) is 9.96. The third-order valence-electron chi connectivity index (χ3n) is 2.95. The lowest BCUT2D eigenvalue weighted by atomic mass is 10.1. The number of rotatable bonds is 2. The Morgan fingerprint density at radius 1 is 1.17 bits per heavy atom. The third kappa shape index (κ3) is 1.66. The average Bonchev–Trinajstić information content (AvgIpc) is 3.02. The van der Waals surface area contributed by atoms with E-state index in [0.29, 0.717) is 5.82 Å². The van der Waals surface area contributed by atoms with E-state index < -0.39 is 0 Å². The number of hydrogen-bond acceptors (Lipinski definition) is 3. The third-order valence-corrected chi connectivity index (χ3v) is 2.95. The van der Waals surface area contributed by atoms with Crippen LogP contribution in [0.25, 0.3) is 22.5 Å². The molecule has 3 aromatic rings. The van der Waals surface area contributed by atoms with Gasteiger partial charge in [-0.3, -0.25) is 4.68 Å². The van der Waals surface area contributed by atoms with Gasteiger partial charge in [-0.15, -0.1) is 0 Å². The second-order valence-corrected chi connectivity index (χ2v) is 4.08. The summed E-state index contributed by atoms with van der Waals surface area (Å²) in [6.07, 6.45) is 5.32. The summed E-state index contributed by atoms with van der Waals surface area (Å²) in [5.41, 5.74) is 9.00. The molecule has 5 heteroatoms. The summed E-state index contributed by atoms with van der Waals surface area (Å²) in [6.45, 7) is 0. The van der Waals surface area contributed by atoms with E-state index in [1.165, 1.54) is 0 Å². The van der Waals surface area contributed by atoms with Gasteiger partial charge in [0, 0.05) is 30.6 Å². The van der Waals surface area contributed by atoms with Crippen LogP contribution >= 0.6 is 0 Å². The number of benzene rings is 1. The van der Waals surface area contributed by atoms with E-state index in [4.69, 9.17) is 5.73 Å². The zero-order chi connectivity index (χ0) is 12.5. The number of nitrogens with zero attached hydrogens (tertiary/aromatic N) is 3. The van der Waals surface area contributed by atoms with Gasteiger partial charge in [-0.1, -0.05) is 24.3 Å². The first kappa shape index (κ1) is 10.6. The molecule has 0 radical (unpaired) electrons. The van der Waals surface area contributed by atoms with E-state index in [9.17, 15) is 0 Å². The largest absolute Gasteiger partial charge is 0.383 e. The summed E-state index contributed by atoms with van der Waals surface area (Å²) in [6, 6.07) is 8.07. The molecule has 0 aliphatic rings. The highest BCUT2D eigenvalue weighted by atomic mass is 15.3. The van der Waals surface area contributed by atoms with Gasteiger partial charge in [-0.2, -0.15) is 5.10 Å².